The molecule has 0 aromatic carbocycles. The summed E-state index contributed by atoms with van der Waals surface area (Å²) in [7, 11) is 0. The van der Waals surface area contributed by atoms with Crippen molar-refractivity contribution >= 4 is 34.6 Å². The lowest BCUT2D eigenvalue weighted by Crippen LogP contribution is -2.47. The summed E-state index contributed by atoms with van der Waals surface area (Å²) in [6.45, 7) is 0.717. The van der Waals surface area contributed by atoms with Crippen molar-refractivity contribution in [2.45, 2.75) is 12.1 Å². The molecule has 136 valence electrons. The summed E-state index contributed by atoms with van der Waals surface area (Å²) in [4.78, 5) is 11.8. The van der Waals surface area contributed by atoms with Crippen LogP contribution in [0, 0.1) is 11.3 Å². The predicted octanol–water partition coefficient (Wildman–Crippen LogP) is 2.41. The lowest BCUT2D eigenvalue weighted by molar-refractivity contribution is -0.184. The highest BCUT2D eigenvalue weighted by Gasteiger charge is 2.41. The number of nitrogens with zero attached hydrogens (tertiary/aromatic N) is 6. The number of halogens is 1. The second-order valence-corrected chi connectivity index (χ2v) is 7.49. The van der Waals surface area contributed by atoms with Gasteiger partial charge in [0.1, 0.15) is 16.5 Å². The lowest BCUT2D eigenvalue weighted by atomic mass is 9.94. The minimum Gasteiger partial charge on any atom is -0.380 e. The predicted molar refractivity (Wildman–Crippen MR) is 98.7 cm³/mol. The van der Waals surface area contributed by atoms with Crippen LogP contribution in [0.2, 0.25) is 5.15 Å². The van der Waals surface area contributed by atoms with E-state index in [1.165, 1.54) is 11.3 Å². The SMILES string of the molecule is N#Cc1ccc(CN(c2cnccn2)c2cc(C3(O)COC3)c(Cl)nn2)s1. The van der Waals surface area contributed by atoms with E-state index in [1.807, 2.05) is 6.07 Å². The van der Waals surface area contributed by atoms with Gasteiger partial charge in [0.2, 0.25) is 0 Å². The van der Waals surface area contributed by atoms with E-state index in [0.717, 1.165) is 4.88 Å². The molecule has 1 aliphatic rings. The van der Waals surface area contributed by atoms with Crippen LogP contribution in [-0.4, -0.2) is 38.5 Å². The van der Waals surface area contributed by atoms with Gasteiger partial charge in [-0.2, -0.15) is 5.26 Å². The molecule has 4 heterocycles. The minimum atomic E-state index is -1.17. The number of nitriles is 1. The Kier molecular flexibility index (Phi) is 4.72. The highest BCUT2D eigenvalue weighted by Crippen LogP contribution is 2.36. The molecule has 8 nitrogen and oxygen atoms in total. The standard InChI is InChI=1S/C17H13ClN6O2S/c18-16-13(17(25)9-26-10-17)5-14(22-23-16)24(15-7-20-3-4-21-15)8-12-2-1-11(6-19)27-12/h1-5,7,25H,8-10H2. The van der Waals surface area contributed by atoms with E-state index in [1.54, 1.807) is 35.6 Å². The second kappa shape index (κ2) is 7.17. The number of hydrogen-bond acceptors (Lipinski definition) is 9. The number of rotatable bonds is 5. The fourth-order valence-corrected chi connectivity index (χ4v) is 3.73. The zero-order chi connectivity index (χ0) is 18.9. The zero-order valence-electron chi connectivity index (χ0n) is 13.9. The van der Waals surface area contributed by atoms with E-state index < -0.39 is 5.60 Å². The average Bonchev–Trinajstić information content (AvgIpc) is 3.13. The summed E-state index contributed by atoms with van der Waals surface area (Å²) in [5.41, 5.74) is -0.717. The molecule has 0 amide bonds. The van der Waals surface area contributed by atoms with Gasteiger partial charge in [0.15, 0.2) is 16.8 Å². The van der Waals surface area contributed by atoms with Gasteiger partial charge in [-0.1, -0.05) is 11.6 Å². The monoisotopic (exact) mass is 400 g/mol. The van der Waals surface area contributed by atoms with Gasteiger partial charge in [-0.3, -0.25) is 4.98 Å². The van der Waals surface area contributed by atoms with Gasteiger partial charge < -0.3 is 14.7 Å². The Morgan fingerprint density at radius 2 is 2.15 bits per heavy atom. The van der Waals surface area contributed by atoms with Crippen LogP contribution in [0.3, 0.4) is 0 Å². The largest absolute Gasteiger partial charge is 0.380 e. The van der Waals surface area contributed by atoms with E-state index >= 15 is 0 Å². The van der Waals surface area contributed by atoms with Gasteiger partial charge >= 0.3 is 0 Å². The van der Waals surface area contributed by atoms with Crippen molar-refractivity contribution in [2.24, 2.45) is 0 Å². The van der Waals surface area contributed by atoms with Crippen LogP contribution in [0.4, 0.5) is 11.6 Å². The molecule has 0 bridgehead atoms. The molecule has 27 heavy (non-hydrogen) atoms. The number of anilines is 2. The molecule has 1 saturated heterocycles. The molecule has 1 aliphatic heterocycles. The van der Waals surface area contributed by atoms with Crippen LogP contribution in [0.15, 0.2) is 36.8 Å². The number of aliphatic hydroxyl groups is 1. The van der Waals surface area contributed by atoms with E-state index in [9.17, 15) is 5.11 Å². The fourth-order valence-electron chi connectivity index (χ4n) is 2.66. The topological polar surface area (TPSA) is 108 Å². The van der Waals surface area contributed by atoms with Crippen LogP contribution < -0.4 is 4.90 Å². The third-order valence-corrected chi connectivity index (χ3v) is 5.36. The molecule has 0 radical (unpaired) electrons. The summed E-state index contributed by atoms with van der Waals surface area (Å²) >= 11 is 7.54. The normalized spacial score (nSPS) is 15.0. The molecule has 0 saturated carbocycles. The Bertz CT molecular complexity index is 1000. The average molecular weight is 401 g/mol. The summed E-state index contributed by atoms with van der Waals surface area (Å²) < 4.78 is 5.12. The first kappa shape index (κ1) is 17.8. The summed E-state index contributed by atoms with van der Waals surface area (Å²) in [5, 5.41) is 28.0. The first-order valence-corrected chi connectivity index (χ1v) is 9.15. The summed E-state index contributed by atoms with van der Waals surface area (Å²) in [6.07, 6.45) is 4.76. The Morgan fingerprint density at radius 1 is 1.30 bits per heavy atom. The van der Waals surface area contributed by atoms with Gasteiger partial charge in [-0.05, 0) is 18.2 Å². The van der Waals surface area contributed by atoms with Crippen LogP contribution >= 0.6 is 22.9 Å². The van der Waals surface area contributed by atoms with Crippen LogP contribution in [0.5, 0.6) is 0 Å². The van der Waals surface area contributed by atoms with Gasteiger partial charge in [-0.25, -0.2) is 4.98 Å². The molecule has 0 atom stereocenters. The number of aromatic nitrogens is 4. The van der Waals surface area contributed by atoms with Crippen LogP contribution in [0.25, 0.3) is 0 Å². The highest BCUT2D eigenvalue weighted by atomic mass is 35.5. The van der Waals surface area contributed by atoms with E-state index in [-0.39, 0.29) is 18.4 Å². The lowest BCUT2D eigenvalue weighted by Gasteiger charge is -2.37. The Labute approximate surface area is 163 Å². The van der Waals surface area contributed by atoms with Crippen molar-refractivity contribution < 1.29 is 9.84 Å². The molecule has 0 unspecified atom stereocenters. The smallest absolute Gasteiger partial charge is 0.158 e. The molecule has 0 aliphatic carbocycles. The number of thiophene rings is 1. The van der Waals surface area contributed by atoms with Gasteiger partial charge in [0.05, 0.1) is 26.0 Å². The van der Waals surface area contributed by atoms with Crippen LogP contribution in [0.1, 0.15) is 15.3 Å². The fraction of sp³-hybridized carbons (Fsp3) is 0.235. The molecule has 0 spiro atoms. The molecule has 10 heteroatoms. The van der Waals surface area contributed by atoms with Crippen molar-refractivity contribution in [3.8, 4) is 6.07 Å². The Morgan fingerprint density at radius 3 is 2.78 bits per heavy atom. The van der Waals surface area contributed by atoms with Gasteiger partial charge in [0, 0.05) is 22.8 Å². The van der Waals surface area contributed by atoms with Crippen molar-refractivity contribution in [1.29, 1.82) is 5.26 Å². The van der Waals surface area contributed by atoms with Gasteiger partial charge in [-0.15, -0.1) is 21.5 Å². The molecule has 1 fully saturated rings. The quantitative estimate of drug-likeness (QED) is 0.695. The maximum absolute atomic E-state index is 10.6. The third-order valence-electron chi connectivity index (χ3n) is 4.11. The maximum Gasteiger partial charge on any atom is 0.158 e. The molecule has 1 N–H and O–H groups in total. The first-order chi connectivity index (χ1) is 13.1. The van der Waals surface area contributed by atoms with E-state index in [4.69, 9.17) is 21.6 Å². The molecule has 3 aromatic heterocycles. The minimum absolute atomic E-state index is 0.131. The maximum atomic E-state index is 10.6. The van der Waals surface area contributed by atoms with Crippen LogP contribution in [-0.2, 0) is 16.9 Å². The first-order valence-electron chi connectivity index (χ1n) is 7.95. The number of hydrogen-bond donors (Lipinski definition) is 1. The highest BCUT2D eigenvalue weighted by molar-refractivity contribution is 7.12. The Hall–Kier alpha value is -2.64. The van der Waals surface area contributed by atoms with Crippen molar-refractivity contribution in [2.75, 3.05) is 18.1 Å². The van der Waals surface area contributed by atoms with E-state index in [0.29, 0.717) is 28.6 Å². The third kappa shape index (κ3) is 3.48. The molecule has 3 aromatic rings. The summed E-state index contributed by atoms with van der Waals surface area (Å²) in [5.74, 6) is 1.02. The van der Waals surface area contributed by atoms with E-state index in [2.05, 4.69) is 26.2 Å². The Balaban J connectivity index is 1.74. The summed E-state index contributed by atoms with van der Waals surface area (Å²) in [6, 6.07) is 7.46. The zero-order valence-corrected chi connectivity index (χ0v) is 15.5. The van der Waals surface area contributed by atoms with Crippen molar-refractivity contribution in [3.63, 3.8) is 0 Å². The second-order valence-electron chi connectivity index (χ2n) is 5.96. The van der Waals surface area contributed by atoms with Gasteiger partial charge in [0.25, 0.3) is 0 Å². The molecular weight excluding hydrogens is 388 g/mol. The molecule has 4 rings (SSSR count). The van der Waals surface area contributed by atoms with Crippen molar-refractivity contribution in [3.05, 3.63) is 57.3 Å². The molecular formula is C17H13ClN6O2S. The number of ether oxygens (including phenoxy) is 1. The van der Waals surface area contributed by atoms with Crippen molar-refractivity contribution in [1.82, 2.24) is 20.2 Å².